The molecular formula is C27H28O4. The zero-order valence-electron chi connectivity index (χ0n) is 18.2. The van der Waals surface area contributed by atoms with Gasteiger partial charge in [0.25, 0.3) is 0 Å². The van der Waals surface area contributed by atoms with Crippen LogP contribution in [0.5, 0.6) is 17.2 Å². The highest BCUT2D eigenvalue weighted by Gasteiger charge is 2.45. The molecule has 5 rings (SSSR count). The number of rotatable bonds is 6. The summed E-state index contributed by atoms with van der Waals surface area (Å²) in [5, 5.41) is 0. The third-order valence-electron chi connectivity index (χ3n) is 6.25. The van der Waals surface area contributed by atoms with Crippen molar-refractivity contribution in [3.05, 3.63) is 89.5 Å². The lowest BCUT2D eigenvalue weighted by Crippen LogP contribution is -2.43. The van der Waals surface area contributed by atoms with Crippen molar-refractivity contribution in [2.24, 2.45) is 0 Å². The molecule has 1 unspecified atom stereocenters. The van der Waals surface area contributed by atoms with Crippen molar-refractivity contribution in [2.45, 2.75) is 37.4 Å². The summed E-state index contributed by atoms with van der Waals surface area (Å²) in [6, 6.07) is 25.3. The summed E-state index contributed by atoms with van der Waals surface area (Å²) < 4.78 is 23.1. The van der Waals surface area contributed by atoms with Crippen molar-refractivity contribution in [1.82, 2.24) is 0 Å². The van der Waals surface area contributed by atoms with Gasteiger partial charge in [-0.2, -0.15) is 0 Å². The summed E-state index contributed by atoms with van der Waals surface area (Å²) in [5.41, 5.74) is 3.29. The number of ether oxygens (including phenoxy) is 4. The van der Waals surface area contributed by atoms with E-state index in [0.717, 1.165) is 23.9 Å². The lowest BCUT2D eigenvalue weighted by molar-refractivity contribution is 0.0528. The number of fused-ring (bicyclic) bond motifs is 1. The van der Waals surface area contributed by atoms with Crippen LogP contribution in [0.2, 0.25) is 0 Å². The average Bonchev–Trinajstić information content (AvgIpc) is 3.61. The minimum Gasteiger partial charge on any atom is -0.497 e. The Morgan fingerprint density at radius 1 is 0.903 bits per heavy atom. The Balaban J connectivity index is 1.57. The van der Waals surface area contributed by atoms with Gasteiger partial charge in [0.2, 0.25) is 0 Å². The maximum Gasteiger partial charge on any atom is 0.127 e. The molecule has 160 valence electrons. The van der Waals surface area contributed by atoms with Crippen LogP contribution >= 0.6 is 0 Å². The van der Waals surface area contributed by atoms with Crippen molar-refractivity contribution < 1.29 is 18.9 Å². The molecule has 3 atom stereocenters. The second kappa shape index (κ2) is 7.93. The van der Waals surface area contributed by atoms with Gasteiger partial charge in [-0.25, -0.2) is 0 Å². The van der Waals surface area contributed by atoms with Gasteiger partial charge in [0.05, 0.1) is 13.7 Å². The second-order valence-corrected chi connectivity index (χ2v) is 8.81. The Hall–Kier alpha value is -2.98. The SMILES string of the molecule is COc1ccc2c(c1)OC(C)(C)[C@H](c1ccccc1)[C@@H]2c1ccc(OCC2CO2)cc1. The highest BCUT2D eigenvalue weighted by Crippen LogP contribution is 2.53. The Morgan fingerprint density at radius 3 is 2.29 bits per heavy atom. The lowest BCUT2D eigenvalue weighted by Gasteiger charge is -2.45. The van der Waals surface area contributed by atoms with Gasteiger partial charge in [-0.3, -0.25) is 0 Å². The summed E-state index contributed by atoms with van der Waals surface area (Å²) in [4.78, 5) is 0. The van der Waals surface area contributed by atoms with Crippen LogP contribution in [0.3, 0.4) is 0 Å². The van der Waals surface area contributed by atoms with E-state index in [9.17, 15) is 0 Å². The third-order valence-corrected chi connectivity index (χ3v) is 6.25. The van der Waals surface area contributed by atoms with Crippen LogP contribution in [0.15, 0.2) is 72.8 Å². The molecule has 0 saturated carbocycles. The lowest BCUT2D eigenvalue weighted by atomic mass is 9.68. The molecule has 1 saturated heterocycles. The van der Waals surface area contributed by atoms with Crippen molar-refractivity contribution in [2.75, 3.05) is 20.3 Å². The Kier molecular flexibility index (Phi) is 5.11. The first-order valence-electron chi connectivity index (χ1n) is 10.8. The van der Waals surface area contributed by atoms with E-state index >= 15 is 0 Å². The molecule has 0 amide bonds. The van der Waals surface area contributed by atoms with Gasteiger partial charge in [0.1, 0.15) is 35.6 Å². The maximum atomic E-state index is 6.56. The third kappa shape index (κ3) is 4.00. The normalized spacial score (nSPS) is 23.4. The van der Waals surface area contributed by atoms with Crippen LogP contribution in [0.25, 0.3) is 0 Å². The van der Waals surface area contributed by atoms with Crippen molar-refractivity contribution in [3.63, 3.8) is 0 Å². The molecular weight excluding hydrogens is 388 g/mol. The van der Waals surface area contributed by atoms with Crippen molar-refractivity contribution in [1.29, 1.82) is 0 Å². The molecule has 0 aliphatic carbocycles. The van der Waals surface area contributed by atoms with E-state index in [1.54, 1.807) is 7.11 Å². The van der Waals surface area contributed by atoms with E-state index in [0.29, 0.717) is 6.61 Å². The van der Waals surface area contributed by atoms with Crippen LogP contribution in [0, 0.1) is 0 Å². The maximum absolute atomic E-state index is 6.56. The molecule has 3 aromatic rings. The summed E-state index contributed by atoms with van der Waals surface area (Å²) >= 11 is 0. The molecule has 4 nitrogen and oxygen atoms in total. The van der Waals surface area contributed by atoms with E-state index < -0.39 is 5.60 Å². The minimum absolute atomic E-state index is 0.146. The molecule has 2 aliphatic heterocycles. The molecule has 0 aromatic heterocycles. The molecule has 2 aliphatic rings. The predicted molar refractivity (Wildman–Crippen MR) is 120 cm³/mol. The quantitative estimate of drug-likeness (QED) is 0.493. The minimum atomic E-state index is -0.399. The highest BCUT2D eigenvalue weighted by molar-refractivity contribution is 5.52. The molecule has 0 bridgehead atoms. The number of hydrogen-bond donors (Lipinski definition) is 0. The zero-order valence-corrected chi connectivity index (χ0v) is 18.2. The fourth-order valence-corrected chi connectivity index (χ4v) is 4.67. The van der Waals surface area contributed by atoms with Gasteiger partial charge >= 0.3 is 0 Å². The Morgan fingerprint density at radius 2 is 1.61 bits per heavy atom. The number of methoxy groups -OCH3 is 1. The second-order valence-electron chi connectivity index (χ2n) is 8.81. The smallest absolute Gasteiger partial charge is 0.127 e. The largest absolute Gasteiger partial charge is 0.497 e. The number of hydrogen-bond acceptors (Lipinski definition) is 4. The molecule has 0 spiro atoms. The zero-order chi connectivity index (χ0) is 21.4. The van der Waals surface area contributed by atoms with E-state index in [2.05, 4.69) is 74.5 Å². The van der Waals surface area contributed by atoms with Gasteiger partial charge in [0, 0.05) is 23.5 Å². The first kappa shape index (κ1) is 20.0. The fourth-order valence-electron chi connectivity index (χ4n) is 4.67. The van der Waals surface area contributed by atoms with Gasteiger partial charge in [-0.05, 0) is 43.2 Å². The van der Waals surface area contributed by atoms with Gasteiger partial charge in [-0.15, -0.1) is 0 Å². The summed E-state index contributed by atoms with van der Waals surface area (Å²) in [6.45, 7) is 5.76. The Labute approximate surface area is 183 Å². The summed E-state index contributed by atoms with van der Waals surface area (Å²) in [7, 11) is 1.69. The predicted octanol–water partition coefficient (Wildman–Crippen LogP) is 5.56. The Bertz CT molecular complexity index is 1040. The molecule has 31 heavy (non-hydrogen) atoms. The fraction of sp³-hybridized carbons (Fsp3) is 0.333. The summed E-state index contributed by atoms with van der Waals surface area (Å²) in [6.07, 6.45) is 0.250. The molecule has 1 fully saturated rings. The molecule has 3 aromatic carbocycles. The highest BCUT2D eigenvalue weighted by atomic mass is 16.6. The van der Waals surface area contributed by atoms with Crippen molar-refractivity contribution in [3.8, 4) is 17.2 Å². The average molecular weight is 417 g/mol. The molecule has 2 heterocycles. The van der Waals surface area contributed by atoms with E-state index in [-0.39, 0.29) is 17.9 Å². The van der Waals surface area contributed by atoms with Crippen LogP contribution in [0.4, 0.5) is 0 Å². The monoisotopic (exact) mass is 416 g/mol. The van der Waals surface area contributed by atoms with Crippen LogP contribution in [-0.2, 0) is 4.74 Å². The summed E-state index contributed by atoms with van der Waals surface area (Å²) in [5.74, 6) is 2.86. The molecule has 0 N–H and O–H groups in total. The van der Waals surface area contributed by atoms with Crippen molar-refractivity contribution >= 4 is 0 Å². The van der Waals surface area contributed by atoms with E-state index in [1.165, 1.54) is 16.7 Å². The first-order valence-corrected chi connectivity index (χ1v) is 10.8. The topological polar surface area (TPSA) is 40.2 Å². The first-order chi connectivity index (χ1) is 15.0. The number of benzene rings is 3. The van der Waals surface area contributed by atoms with Gasteiger partial charge in [-0.1, -0.05) is 48.5 Å². The van der Waals surface area contributed by atoms with Gasteiger partial charge in [0.15, 0.2) is 0 Å². The number of epoxide rings is 1. The van der Waals surface area contributed by atoms with Crippen LogP contribution < -0.4 is 14.2 Å². The van der Waals surface area contributed by atoms with E-state index in [4.69, 9.17) is 18.9 Å². The van der Waals surface area contributed by atoms with Gasteiger partial charge < -0.3 is 18.9 Å². The van der Waals surface area contributed by atoms with Crippen LogP contribution in [0.1, 0.15) is 42.4 Å². The van der Waals surface area contributed by atoms with Crippen LogP contribution in [-0.4, -0.2) is 32.0 Å². The van der Waals surface area contributed by atoms with E-state index in [1.807, 2.05) is 12.1 Å². The molecule has 0 radical (unpaired) electrons. The standard InChI is InChI=1S/C27H28O4/c1-27(2)26(19-7-5-4-6-8-19)25(23-14-13-21(28-3)15-24(23)31-27)18-9-11-20(12-10-18)29-16-22-17-30-22/h4-15,22,25-26H,16-17H2,1-3H3/t22?,25-,26-/m1/s1. The molecule has 4 heteroatoms.